The summed E-state index contributed by atoms with van der Waals surface area (Å²) in [6.07, 6.45) is 0. The summed E-state index contributed by atoms with van der Waals surface area (Å²) in [6, 6.07) is 11.5. The lowest BCUT2D eigenvalue weighted by Crippen LogP contribution is -2.07. The first-order valence-corrected chi connectivity index (χ1v) is 5.96. The van der Waals surface area contributed by atoms with E-state index in [1.807, 2.05) is 0 Å². The van der Waals surface area contributed by atoms with Crippen molar-refractivity contribution < 1.29 is 14.3 Å². The molecule has 1 heterocycles. The highest BCUT2D eigenvalue weighted by Crippen LogP contribution is 2.28. The number of phenols is 1. The average molecular weight is 269 g/mol. The number of hydrogen-bond donors (Lipinski definition) is 1. The van der Waals surface area contributed by atoms with E-state index in [9.17, 15) is 9.90 Å². The van der Waals surface area contributed by atoms with Crippen LogP contribution in [0.15, 0.2) is 51.7 Å². The van der Waals surface area contributed by atoms with Crippen molar-refractivity contribution in [2.45, 2.75) is 0 Å². The summed E-state index contributed by atoms with van der Waals surface area (Å²) < 4.78 is 10.6. The van der Waals surface area contributed by atoms with Gasteiger partial charge in [0.1, 0.15) is 17.1 Å². The molecule has 2 aromatic carbocycles. The molecule has 0 spiro atoms. The monoisotopic (exact) mass is 269 g/mol. The number of para-hydroxylation sites is 1. The molecule has 0 aliphatic carbocycles. The molecule has 0 radical (unpaired) electrons. The van der Waals surface area contributed by atoms with E-state index < -0.39 is 5.56 Å². The second-order valence-corrected chi connectivity index (χ2v) is 4.20. The van der Waals surface area contributed by atoms with Gasteiger partial charge >= 0.3 is 0 Å². The normalized spacial score (nSPS) is 10.7. The van der Waals surface area contributed by atoms with Crippen molar-refractivity contribution in [3.8, 4) is 23.0 Å². The van der Waals surface area contributed by atoms with Gasteiger partial charge in [-0.25, -0.2) is 0 Å². The zero-order valence-electron chi connectivity index (χ0n) is 10.7. The summed E-state index contributed by atoms with van der Waals surface area (Å²) in [4.78, 5) is 15.9. The van der Waals surface area contributed by atoms with Crippen LogP contribution in [-0.4, -0.2) is 17.2 Å². The molecule has 0 unspecified atom stereocenters. The number of rotatable bonds is 2. The van der Waals surface area contributed by atoms with Crippen molar-refractivity contribution in [2.75, 3.05) is 7.11 Å². The lowest BCUT2D eigenvalue weighted by atomic mass is 10.2. The summed E-state index contributed by atoms with van der Waals surface area (Å²) in [7, 11) is 1.52. The Kier molecular flexibility index (Phi) is 2.87. The molecular formula is C15H11NO4. The average Bonchev–Trinajstić information content (AvgIpc) is 2.47. The number of nitrogens with zero attached hydrogens (tertiary/aromatic N) is 1. The summed E-state index contributed by atoms with van der Waals surface area (Å²) in [5.41, 5.74) is 0.342. The predicted molar refractivity (Wildman–Crippen MR) is 73.9 cm³/mol. The predicted octanol–water partition coefficient (Wildman–Crippen LogP) is 2.57. The number of benzene rings is 2. The molecule has 0 saturated heterocycles. The van der Waals surface area contributed by atoms with E-state index in [1.165, 1.54) is 13.2 Å². The lowest BCUT2D eigenvalue weighted by molar-refractivity contribution is 0.415. The molecule has 5 nitrogen and oxygen atoms in total. The Morgan fingerprint density at radius 1 is 1.20 bits per heavy atom. The molecule has 0 bridgehead atoms. The van der Waals surface area contributed by atoms with Crippen LogP contribution in [0.4, 0.5) is 0 Å². The van der Waals surface area contributed by atoms with E-state index in [2.05, 4.69) is 4.98 Å². The third-order valence-corrected chi connectivity index (χ3v) is 2.96. The fraction of sp³-hybridized carbons (Fsp3) is 0.0667. The van der Waals surface area contributed by atoms with Crippen molar-refractivity contribution in [2.24, 2.45) is 0 Å². The number of phenolic OH excluding ortho intramolecular Hbond substituents is 1. The van der Waals surface area contributed by atoms with Gasteiger partial charge in [-0.1, -0.05) is 12.1 Å². The molecular weight excluding hydrogens is 258 g/mol. The number of methoxy groups -OCH3 is 1. The molecule has 0 saturated carbocycles. The number of ether oxygens (including phenoxy) is 1. The summed E-state index contributed by atoms with van der Waals surface area (Å²) in [5.74, 6) is 0.656. The van der Waals surface area contributed by atoms with Crippen LogP contribution >= 0.6 is 0 Å². The van der Waals surface area contributed by atoms with Gasteiger partial charge in [-0.2, -0.15) is 4.98 Å². The highest BCUT2D eigenvalue weighted by atomic mass is 16.5. The maximum Gasteiger partial charge on any atom is 0.284 e. The Labute approximate surface area is 114 Å². The topological polar surface area (TPSA) is 72.6 Å². The van der Waals surface area contributed by atoms with Gasteiger partial charge in [0, 0.05) is 0 Å². The molecule has 100 valence electrons. The smallest absolute Gasteiger partial charge is 0.284 e. The molecule has 0 amide bonds. The van der Waals surface area contributed by atoms with Gasteiger partial charge in [-0.15, -0.1) is 0 Å². The number of hydrogen-bond acceptors (Lipinski definition) is 5. The fourth-order valence-corrected chi connectivity index (χ4v) is 1.94. The van der Waals surface area contributed by atoms with E-state index in [0.717, 1.165) is 0 Å². The molecule has 1 N–H and O–H groups in total. The van der Waals surface area contributed by atoms with Crippen molar-refractivity contribution in [3.05, 3.63) is 52.8 Å². The van der Waals surface area contributed by atoms with Crippen LogP contribution in [0.5, 0.6) is 11.5 Å². The van der Waals surface area contributed by atoms with Gasteiger partial charge in [0.15, 0.2) is 0 Å². The Morgan fingerprint density at radius 2 is 2.00 bits per heavy atom. The third kappa shape index (κ3) is 1.99. The van der Waals surface area contributed by atoms with Crippen LogP contribution in [0, 0.1) is 0 Å². The molecule has 5 heteroatoms. The molecule has 0 aliphatic heterocycles. The molecule has 3 rings (SSSR count). The maximum atomic E-state index is 12.0. The number of aromatic nitrogens is 1. The van der Waals surface area contributed by atoms with E-state index in [4.69, 9.17) is 9.15 Å². The Morgan fingerprint density at radius 3 is 2.75 bits per heavy atom. The first-order chi connectivity index (χ1) is 9.69. The first-order valence-electron chi connectivity index (χ1n) is 5.96. The minimum absolute atomic E-state index is 0.0102. The Bertz CT molecular complexity index is 839. The van der Waals surface area contributed by atoms with Crippen molar-refractivity contribution in [3.63, 3.8) is 0 Å². The molecule has 20 heavy (non-hydrogen) atoms. The van der Waals surface area contributed by atoms with E-state index in [-0.39, 0.29) is 11.6 Å². The summed E-state index contributed by atoms with van der Waals surface area (Å²) in [5, 5.41) is 10.1. The summed E-state index contributed by atoms with van der Waals surface area (Å²) >= 11 is 0. The van der Waals surface area contributed by atoms with Gasteiger partial charge in [0.25, 0.3) is 5.56 Å². The van der Waals surface area contributed by atoms with Gasteiger partial charge in [0.05, 0.1) is 18.1 Å². The van der Waals surface area contributed by atoms with E-state index in [1.54, 1.807) is 36.4 Å². The van der Waals surface area contributed by atoms with Crippen LogP contribution in [0.2, 0.25) is 0 Å². The van der Waals surface area contributed by atoms with Crippen molar-refractivity contribution >= 4 is 11.0 Å². The Balaban J connectivity index is 2.26. The minimum atomic E-state index is -0.427. The van der Waals surface area contributed by atoms with Crippen LogP contribution in [-0.2, 0) is 0 Å². The minimum Gasteiger partial charge on any atom is -0.507 e. The SMILES string of the molecule is COc1ccc2oc(-c3ccccc3O)nc(=O)c2c1. The number of fused-ring (bicyclic) bond motifs is 1. The standard InChI is InChI=1S/C15H11NO4/c1-19-9-6-7-13-11(8-9)14(18)16-15(20-13)10-4-2-3-5-12(10)17/h2-8,17H,1H3. The molecule has 0 fully saturated rings. The lowest BCUT2D eigenvalue weighted by Gasteiger charge is -2.05. The van der Waals surface area contributed by atoms with Gasteiger partial charge in [0.2, 0.25) is 5.89 Å². The second-order valence-electron chi connectivity index (χ2n) is 4.20. The van der Waals surface area contributed by atoms with Gasteiger partial charge in [-0.3, -0.25) is 4.79 Å². The second kappa shape index (κ2) is 4.70. The number of aromatic hydroxyl groups is 1. The molecule has 0 atom stereocenters. The summed E-state index contributed by atoms with van der Waals surface area (Å²) in [6.45, 7) is 0. The zero-order valence-corrected chi connectivity index (χ0v) is 10.7. The van der Waals surface area contributed by atoms with E-state index >= 15 is 0 Å². The highest BCUT2D eigenvalue weighted by molar-refractivity contribution is 5.79. The first kappa shape index (κ1) is 12.2. The quantitative estimate of drug-likeness (QED) is 0.774. The fourth-order valence-electron chi connectivity index (χ4n) is 1.94. The van der Waals surface area contributed by atoms with Crippen LogP contribution in [0.25, 0.3) is 22.4 Å². The van der Waals surface area contributed by atoms with E-state index in [0.29, 0.717) is 22.3 Å². The van der Waals surface area contributed by atoms with Crippen LogP contribution in [0.3, 0.4) is 0 Å². The Hall–Kier alpha value is -2.82. The van der Waals surface area contributed by atoms with Crippen molar-refractivity contribution in [1.29, 1.82) is 0 Å². The molecule has 3 aromatic rings. The third-order valence-electron chi connectivity index (χ3n) is 2.96. The molecule has 0 aliphatic rings. The zero-order chi connectivity index (χ0) is 14.1. The van der Waals surface area contributed by atoms with Gasteiger partial charge < -0.3 is 14.3 Å². The van der Waals surface area contributed by atoms with Gasteiger partial charge in [-0.05, 0) is 30.3 Å². The largest absolute Gasteiger partial charge is 0.507 e. The highest BCUT2D eigenvalue weighted by Gasteiger charge is 2.12. The van der Waals surface area contributed by atoms with Crippen molar-refractivity contribution in [1.82, 2.24) is 4.98 Å². The molecule has 1 aromatic heterocycles. The van der Waals surface area contributed by atoms with Crippen LogP contribution in [0.1, 0.15) is 0 Å². The van der Waals surface area contributed by atoms with Crippen LogP contribution < -0.4 is 10.3 Å². The maximum absolute atomic E-state index is 12.0.